The minimum absolute atomic E-state index is 0.0309. The van der Waals surface area contributed by atoms with Gasteiger partial charge in [0.1, 0.15) is 6.04 Å². The summed E-state index contributed by atoms with van der Waals surface area (Å²) in [6, 6.07) is 17.1. The van der Waals surface area contributed by atoms with Crippen LogP contribution in [0.2, 0.25) is 0 Å². The molecule has 1 fully saturated rings. The average molecular weight is 380 g/mol. The summed E-state index contributed by atoms with van der Waals surface area (Å²) in [6.45, 7) is 12.3. The molecule has 0 radical (unpaired) electrons. The van der Waals surface area contributed by atoms with Crippen LogP contribution in [-0.2, 0) is 15.8 Å². The second kappa shape index (κ2) is 6.93. The first-order chi connectivity index (χ1) is 12.7. The van der Waals surface area contributed by atoms with Crippen LogP contribution in [0.4, 0.5) is 0 Å². The van der Waals surface area contributed by atoms with E-state index >= 15 is 0 Å². The fourth-order valence-electron chi connectivity index (χ4n) is 3.44. The zero-order valence-electron chi connectivity index (χ0n) is 16.2. The number of benzene rings is 2. The quantitative estimate of drug-likeness (QED) is 0.541. The zero-order chi connectivity index (χ0) is 19.8. The smallest absolute Gasteiger partial charge is 0.268 e. The van der Waals surface area contributed by atoms with Gasteiger partial charge in [-0.15, -0.1) is 6.58 Å². The van der Waals surface area contributed by atoms with Crippen LogP contribution in [0.3, 0.4) is 0 Å². The highest BCUT2D eigenvalue weighted by Crippen LogP contribution is 2.40. The van der Waals surface area contributed by atoms with Gasteiger partial charge >= 0.3 is 0 Å². The summed E-state index contributed by atoms with van der Waals surface area (Å²) < 4.78 is 6.04. The molecule has 1 aliphatic heterocycles. The monoisotopic (exact) mass is 379 g/mol. The Morgan fingerprint density at radius 3 is 2.26 bits per heavy atom. The first-order valence-electron chi connectivity index (χ1n) is 9.03. The van der Waals surface area contributed by atoms with Crippen molar-refractivity contribution in [2.75, 3.05) is 0 Å². The van der Waals surface area contributed by atoms with Gasteiger partial charge in [-0.05, 0) is 47.8 Å². The van der Waals surface area contributed by atoms with E-state index in [9.17, 15) is 4.79 Å². The Kier molecular flexibility index (Phi) is 4.96. The van der Waals surface area contributed by atoms with Gasteiger partial charge in [-0.1, -0.05) is 69.3 Å². The van der Waals surface area contributed by atoms with Crippen LogP contribution in [0.15, 0.2) is 67.3 Å². The van der Waals surface area contributed by atoms with Crippen LogP contribution in [0, 0.1) is 0 Å². The van der Waals surface area contributed by atoms with Crippen molar-refractivity contribution in [2.24, 2.45) is 0 Å². The van der Waals surface area contributed by atoms with Crippen molar-refractivity contribution in [1.82, 2.24) is 4.90 Å². The highest BCUT2D eigenvalue weighted by atomic mass is 32.1. The molecule has 1 aliphatic rings. The fourth-order valence-corrected chi connectivity index (χ4v) is 3.81. The average Bonchev–Trinajstić information content (AvgIpc) is 2.92. The van der Waals surface area contributed by atoms with Gasteiger partial charge < -0.3 is 4.74 Å². The molecule has 1 amide bonds. The summed E-state index contributed by atoms with van der Waals surface area (Å²) >= 11 is 5.43. The predicted molar refractivity (Wildman–Crippen MR) is 113 cm³/mol. The molecule has 2 atom stereocenters. The first-order valence-corrected chi connectivity index (χ1v) is 9.44. The zero-order valence-corrected chi connectivity index (χ0v) is 17.0. The highest BCUT2D eigenvalue weighted by Gasteiger charge is 2.51. The number of rotatable bonds is 3. The van der Waals surface area contributed by atoms with Crippen molar-refractivity contribution in [1.29, 1.82) is 0 Å². The Morgan fingerprint density at radius 2 is 1.74 bits per heavy atom. The predicted octanol–water partition coefficient (Wildman–Crippen LogP) is 5.21. The van der Waals surface area contributed by atoms with Gasteiger partial charge in [-0.25, -0.2) is 0 Å². The molecule has 2 aromatic rings. The topological polar surface area (TPSA) is 29.5 Å². The van der Waals surface area contributed by atoms with Crippen LogP contribution in [0.1, 0.15) is 49.2 Å². The molecule has 1 heterocycles. The molecule has 2 aromatic carbocycles. The number of ether oxygens (including phenoxy) is 1. The lowest BCUT2D eigenvalue weighted by molar-refractivity contribution is 0.0718. The molecule has 3 rings (SSSR count). The van der Waals surface area contributed by atoms with Crippen LogP contribution in [-0.4, -0.2) is 22.0 Å². The van der Waals surface area contributed by atoms with Crippen LogP contribution >= 0.6 is 12.2 Å². The number of amides is 1. The Hall–Kier alpha value is -2.46. The number of carbonyl (C=O) groups is 1. The second-order valence-corrected chi connectivity index (χ2v) is 8.37. The van der Waals surface area contributed by atoms with Crippen molar-refractivity contribution in [3.8, 4) is 0 Å². The third-order valence-corrected chi connectivity index (χ3v) is 5.41. The maximum absolute atomic E-state index is 13.2. The maximum Gasteiger partial charge on any atom is 0.268 e. The normalized spacial score (nSPS) is 22.4. The molecule has 3 nitrogen and oxygen atoms in total. The lowest BCUT2D eigenvalue weighted by atomic mass is 9.86. The fraction of sp³-hybridized carbons (Fsp3) is 0.304. The van der Waals surface area contributed by atoms with Crippen LogP contribution in [0.25, 0.3) is 0 Å². The standard InChI is InChI=1S/C23H25NO2S/c1-6-19-23(5,18-10-8-7-9-11-18)26-21(27)24(19)20(25)16-12-14-17(15-13-16)22(2,3)4/h6-15,19H,1H2,2-5H3/t19-,23-/m0/s1. The molecule has 1 saturated heterocycles. The highest BCUT2D eigenvalue weighted by molar-refractivity contribution is 7.80. The molecule has 0 spiro atoms. The Labute approximate surface area is 166 Å². The molecule has 0 aliphatic carbocycles. The molecule has 27 heavy (non-hydrogen) atoms. The minimum Gasteiger partial charge on any atom is -0.457 e. The van der Waals surface area contributed by atoms with Gasteiger partial charge in [0.25, 0.3) is 11.1 Å². The maximum atomic E-state index is 13.2. The summed E-state index contributed by atoms with van der Waals surface area (Å²) in [5, 5.41) is 0.177. The van der Waals surface area contributed by atoms with E-state index in [1.807, 2.05) is 61.5 Å². The summed E-state index contributed by atoms with van der Waals surface area (Å²) in [5.74, 6) is -0.176. The number of hydrogen-bond donors (Lipinski definition) is 0. The molecule has 0 unspecified atom stereocenters. The van der Waals surface area contributed by atoms with Crippen LogP contribution in [0.5, 0.6) is 0 Å². The van der Waals surface area contributed by atoms with Crippen molar-refractivity contribution in [3.05, 3.63) is 83.9 Å². The second-order valence-electron chi connectivity index (χ2n) is 8.02. The molecular weight excluding hydrogens is 354 g/mol. The van der Waals surface area contributed by atoms with Gasteiger partial charge in [-0.3, -0.25) is 9.69 Å². The van der Waals surface area contributed by atoms with Crippen molar-refractivity contribution >= 4 is 23.3 Å². The van der Waals surface area contributed by atoms with Crippen molar-refractivity contribution < 1.29 is 9.53 Å². The Morgan fingerprint density at radius 1 is 1.15 bits per heavy atom. The van der Waals surface area contributed by atoms with E-state index < -0.39 is 5.60 Å². The molecule has 140 valence electrons. The van der Waals surface area contributed by atoms with E-state index in [0.29, 0.717) is 5.56 Å². The summed E-state index contributed by atoms with van der Waals surface area (Å²) in [5.41, 5.74) is 1.98. The third-order valence-electron chi connectivity index (χ3n) is 5.13. The van der Waals surface area contributed by atoms with E-state index in [4.69, 9.17) is 17.0 Å². The van der Waals surface area contributed by atoms with E-state index in [0.717, 1.165) is 5.56 Å². The summed E-state index contributed by atoms with van der Waals surface area (Å²) in [7, 11) is 0. The molecule has 4 heteroatoms. The van der Waals surface area contributed by atoms with E-state index in [1.165, 1.54) is 10.5 Å². The van der Waals surface area contributed by atoms with Gasteiger partial charge in [0, 0.05) is 5.56 Å². The molecule has 0 saturated carbocycles. The number of thiocarbonyl (C=S) groups is 1. The van der Waals surface area contributed by atoms with Gasteiger partial charge in [0.2, 0.25) is 0 Å². The van der Waals surface area contributed by atoms with Crippen LogP contribution < -0.4 is 0 Å². The lowest BCUT2D eigenvalue weighted by Gasteiger charge is -2.29. The van der Waals surface area contributed by atoms with Gasteiger partial charge in [0.05, 0.1) is 0 Å². The van der Waals surface area contributed by atoms with E-state index in [1.54, 1.807) is 6.08 Å². The number of carbonyl (C=O) groups excluding carboxylic acids is 1. The number of nitrogens with zero attached hydrogens (tertiary/aromatic N) is 1. The summed E-state index contributed by atoms with van der Waals surface area (Å²) in [6.07, 6.45) is 1.73. The van der Waals surface area contributed by atoms with Gasteiger partial charge in [-0.2, -0.15) is 0 Å². The van der Waals surface area contributed by atoms with E-state index in [2.05, 4.69) is 27.4 Å². The van der Waals surface area contributed by atoms with Gasteiger partial charge in [0.15, 0.2) is 5.60 Å². The Balaban J connectivity index is 1.95. The Bertz CT molecular complexity index is 868. The summed E-state index contributed by atoms with van der Waals surface area (Å²) in [4.78, 5) is 14.7. The first kappa shape index (κ1) is 19.3. The SMILES string of the molecule is C=C[C@@H]1N(C(=O)c2ccc(C(C)(C)C)cc2)C(=S)O[C@@]1(C)c1ccccc1. The molecule has 0 bridgehead atoms. The van der Waals surface area contributed by atoms with E-state index in [-0.39, 0.29) is 22.5 Å². The lowest BCUT2D eigenvalue weighted by Crippen LogP contribution is -2.43. The largest absolute Gasteiger partial charge is 0.457 e. The molecular formula is C23H25NO2S. The molecule has 0 aromatic heterocycles. The number of hydrogen-bond acceptors (Lipinski definition) is 3. The molecule has 0 N–H and O–H groups in total. The third kappa shape index (κ3) is 3.42. The minimum atomic E-state index is -0.763. The van der Waals surface area contributed by atoms with Crippen molar-refractivity contribution in [3.63, 3.8) is 0 Å². The van der Waals surface area contributed by atoms with Crippen molar-refractivity contribution in [2.45, 2.75) is 44.8 Å².